The molecule has 0 radical (unpaired) electrons. The van der Waals surface area contributed by atoms with Crippen LogP contribution < -0.4 is 9.46 Å². The number of aromatic carboxylic acids is 1. The Labute approximate surface area is 138 Å². The predicted octanol–water partition coefficient (Wildman–Crippen LogP) is 2.84. The minimum absolute atomic E-state index is 0.0164. The zero-order chi connectivity index (χ0) is 17.7. The third kappa shape index (κ3) is 4.02. The van der Waals surface area contributed by atoms with Gasteiger partial charge in [-0.2, -0.15) is 0 Å². The number of carbonyl (C=O) groups is 1. The van der Waals surface area contributed by atoms with Gasteiger partial charge in [-0.1, -0.05) is 12.1 Å². The highest BCUT2D eigenvalue weighted by Crippen LogP contribution is 2.25. The lowest BCUT2D eigenvalue weighted by Gasteiger charge is -2.13. The first-order chi connectivity index (χ1) is 11.3. The summed E-state index contributed by atoms with van der Waals surface area (Å²) in [5.41, 5.74) is 0.366. The first-order valence-electron chi connectivity index (χ1n) is 6.99. The van der Waals surface area contributed by atoms with E-state index in [1.54, 1.807) is 13.0 Å². The molecule has 0 aliphatic rings. The van der Waals surface area contributed by atoms with E-state index in [1.807, 2.05) is 0 Å². The average molecular weight is 353 g/mol. The normalized spacial score (nSPS) is 11.1. The number of anilines is 1. The molecule has 2 aromatic carbocycles. The molecule has 8 heteroatoms. The van der Waals surface area contributed by atoms with Crippen molar-refractivity contribution >= 4 is 21.7 Å². The van der Waals surface area contributed by atoms with Crippen LogP contribution in [-0.2, 0) is 10.0 Å². The SMILES string of the molecule is Cc1cccc(C(=O)O)c1NS(=O)(=O)c1ccc(OCCF)cc1. The molecule has 24 heavy (non-hydrogen) atoms. The summed E-state index contributed by atoms with van der Waals surface area (Å²) in [6, 6.07) is 9.87. The molecule has 0 heterocycles. The Morgan fingerprint density at radius 3 is 2.46 bits per heavy atom. The highest BCUT2D eigenvalue weighted by atomic mass is 32.2. The molecular weight excluding hydrogens is 337 g/mol. The van der Waals surface area contributed by atoms with Crippen molar-refractivity contribution in [3.63, 3.8) is 0 Å². The number of hydrogen-bond donors (Lipinski definition) is 2. The molecule has 0 spiro atoms. The molecular formula is C16H16FNO5S. The van der Waals surface area contributed by atoms with Crippen LogP contribution in [0.3, 0.4) is 0 Å². The van der Waals surface area contributed by atoms with Crippen molar-refractivity contribution in [2.45, 2.75) is 11.8 Å². The van der Waals surface area contributed by atoms with E-state index in [2.05, 4.69) is 4.72 Å². The number of benzene rings is 2. The summed E-state index contributed by atoms with van der Waals surface area (Å²) >= 11 is 0. The summed E-state index contributed by atoms with van der Waals surface area (Å²) in [7, 11) is -3.97. The van der Waals surface area contributed by atoms with E-state index >= 15 is 0 Å². The fourth-order valence-electron chi connectivity index (χ4n) is 2.05. The molecule has 0 saturated carbocycles. The fourth-order valence-corrected chi connectivity index (χ4v) is 3.20. The number of ether oxygens (including phenoxy) is 1. The van der Waals surface area contributed by atoms with Gasteiger partial charge in [-0.05, 0) is 42.8 Å². The van der Waals surface area contributed by atoms with Crippen LogP contribution in [0, 0.1) is 6.92 Å². The molecule has 0 bridgehead atoms. The predicted molar refractivity (Wildman–Crippen MR) is 86.9 cm³/mol. The topological polar surface area (TPSA) is 92.7 Å². The molecule has 6 nitrogen and oxygen atoms in total. The van der Waals surface area contributed by atoms with Gasteiger partial charge in [0.2, 0.25) is 0 Å². The Balaban J connectivity index is 2.31. The Bertz CT molecular complexity index is 834. The molecule has 2 rings (SSSR count). The van der Waals surface area contributed by atoms with Gasteiger partial charge in [0.1, 0.15) is 19.0 Å². The molecule has 0 saturated heterocycles. The van der Waals surface area contributed by atoms with Crippen molar-refractivity contribution in [2.75, 3.05) is 18.0 Å². The van der Waals surface area contributed by atoms with Crippen molar-refractivity contribution < 1.29 is 27.4 Å². The lowest BCUT2D eigenvalue weighted by atomic mass is 10.1. The van der Waals surface area contributed by atoms with Crippen LogP contribution in [-0.4, -0.2) is 32.8 Å². The second-order valence-electron chi connectivity index (χ2n) is 4.92. The number of sulfonamides is 1. The van der Waals surface area contributed by atoms with E-state index in [1.165, 1.54) is 36.4 Å². The summed E-state index contributed by atoms with van der Waals surface area (Å²) < 4.78 is 44.3. The highest BCUT2D eigenvalue weighted by Gasteiger charge is 2.20. The Morgan fingerprint density at radius 2 is 1.88 bits per heavy atom. The lowest BCUT2D eigenvalue weighted by molar-refractivity contribution is 0.0698. The minimum Gasteiger partial charge on any atom is -0.491 e. The van der Waals surface area contributed by atoms with E-state index in [4.69, 9.17) is 4.74 Å². The maximum absolute atomic E-state index is 12.4. The third-order valence-corrected chi connectivity index (χ3v) is 4.59. The van der Waals surface area contributed by atoms with Gasteiger partial charge >= 0.3 is 5.97 Å². The van der Waals surface area contributed by atoms with Crippen LogP contribution in [0.2, 0.25) is 0 Å². The molecule has 0 aliphatic carbocycles. The fraction of sp³-hybridized carbons (Fsp3) is 0.188. The summed E-state index contributed by atoms with van der Waals surface area (Å²) in [5, 5.41) is 9.19. The molecule has 0 fully saturated rings. The Kier molecular flexibility index (Phi) is 5.40. The number of carboxylic acid groups (broad SMARTS) is 1. The van der Waals surface area contributed by atoms with Gasteiger partial charge in [0.25, 0.3) is 10.0 Å². The lowest BCUT2D eigenvalue weighted by Crippen LogP contribution is -2.16. The van der Waals surface area contributed by atoms with Gasteiger partial charge in [0.15, 0.2) is 0 Å². The Morgan fingerprint density at radius 1 is 1.21 bits per heavy atom. The number of para-hydroxylation sites is 1. The molecule has 0 aliphatic heterocycles. The second kappa shape index (κ2) is 7.31. The van der Waals surface area contributed by atoms with Crippen molar-refractivity contribution in [2.24, 2.45) is 0 Å². The number of alkyl halides is 1. The van der Waals surface area contributed by atoms with Gasteiger partial charge < -0.3 is 9.84 Å². The van der Waals surface area contributed by atoms with Gasteiger partial charge in [0.05, 0.1) is 16.1 Å². The van der Waals surface area contributed by atoms with Crippen molar-refractivity contribution in [1.82, 2.24) is 0 Å². The average Bonchev–Trinajstić information content (AvgIpc) is 2.55. The molecule has 128 valence electrons. The van der Waals surface area contributed by atoms with E-state index in [-0.39, 0.29) is 22.8 Å². The van der Waals surface area contributed by atoms with Crippen molar-refractivity contribution in [3.8, 4) is 5.75 Å². The van der Waals surface area contributed by atoms with Gasteiger partial charge in [0, 0.05) is 0 Å². The largest absolute Gasteiger partial charge is 0.491 e. The first kappa shape index (κ1) is 17.7. The quantitative estimate of drug-likeness (QED) is 0.798. The third-order valence-electron chi connectivity index (χ3n) is 3.22. The number of aryl methyl sites for hydroxylation is 1. The van der Waals surface area contributed by atoms with Gasteiger partial charge in [-0.25, -0.2) is 17.6 Å². The van der Waals surface area contributed by atoms with Crippen LogP contribution >= 0.6 is 0 Å². The minimum atomic E-state index is -3.97. The smallest absolute Gasteiger partial charge is 0.337 e. The van der Waals surface area contributed by atoms with Crippen LogP contribution in [0.1, 0.15) is 15.9 Å². The van der Waals surface area contributed by atoms with Crippen LogP contribution in [0.25, 0.3) is 0 Å². The van der Waals surface area contributed by atoms with Crippen LogP contribution in [0.5, 0.6) is 5.75 Å². The number of rotatable bonds is 7. The molecule has 0 atom stereocenters. The van der Waals surface area contributed by atoms with Crippen molar-refractivity contribution in [3.05, 3.63) is 53.6 Å². The van der Waals surface area contributed by atoms with E-state index < -0.39 is 22.7 Å². The summed E-state index contributed by atoms with van der Waals surface area (Å²) in [4.78, 5) is 11.2. The zero-order valence-electron chi connectivity index (χ0n) is 12.8. The number of hydrogen-bond acceptors (Lipinski definition) is 4. The molecule has 0 aromatic heterocycles. The van der Waals surface area contributed by atoms with Crippen molar-refractivity contribution in [1.29, 1.82) is 0 Å². The van der Waals surface area contributed by atoms with E-state index in [0.29, 0.717) is 11.3 Å². The Hall–Kier alpha value is -2.61. The maximum atomic E-state index is 12.4. The monoisotopic (exact) mass is 353 g/mol. The summed E-state index contributed by atoms with van der Waals surface area (Å²) in [6.45, 7) is 0.848. The number of carboxylic acids is 1. The number of nitrogens with one attached hydrogen (secondary N) is 1. The number of halogens is 1. The van der Waals surface area contributed by atoms with Crippen LogP contribution in [0.15, 0.2) is 47.4 Å². The molecule has 0 amide bonds. The first-order valence-corrected chi connectivity index (χ1v) is 8.48. The highest BCUT2D eigenvalue weighted by molar-refractivity contribution is 7.92. The molecule has 2 N–H and O–H groups in total. The summed E-state index contributed by atoms with van der Waals surface area (Å²) in [6.07, 6.45) is 0. The molecule has 2 aromatic rings. The van der Waals surface area contributed by atoms with E-state index in [9.17, 15) is 22.7 Å². The zero-order valence-corrected chi connectivity index (χ0v) is 13.6. The standard InChI is InChI=1S/C16H16FNO5S/c1-11-3-2-4-14(16(19)20)15(11)18-24(21,22)13-7-5-12(6-8-13)23-10-9-17/h2-8,18H,9-10H2,1H3,(H,19,20). The second-order valence-corrected chi connectivity index (χ2v) is 6.60. The van der Waals surface area contributed by atoms with Crippen LogP contribution in [0.4, 0.5) is 10.1 Å². The maximum Gasteiger partial charge on any atom is 0.337 e. The summed E-state index contributed by atoms with van der Waals surface area (Å²) in [5.74, 6) is -0.889. The van der Waals surface area contributed by atoms with Gasteiger partial charge in [-0.3, -0.25) is 4.72 Å². The van der Waals surface area contributed by atoms with E-state index in [0.717, 1.165) is 0 Å². The molecule has 0 unspecified atom stereocenters. The van der Waals surface area contributed by atoms with Gasteiger partial charge in [-0.15, -0.1) is 0 Å².